The van der Waals surface area contributed by atoms with Gasteiger partial charge in [-0.3, -0.25) is 0 Å². The Bertz CT molecular complexity index is 2140. The van der Waals surface area contributed by atoms with Crippen LogP contribution in [0.25, 0.3) is 10.9 Å². The fourth-order valence-corrected chi connectivity index (χ4v) is 10.1. The largest absolute Gasteiger partial charge is 0.497 e. The van der Waals surface area contributed by atoms with Gasteiger partial charge in [-0.15, -0.1) is 0 Å². The van der Waals surface area contributed by atoms with Gasteiger partial charge in [-0.1, -0.05) is 65.7 Å². The molecule has 8 nitrogen and oxygen atoms in total. The summed E-state index contributed by atoms with van der Waals surface area (Å²) in [6.45, 7) is 4.32. The van der Waals surface area contributed by atoms with Crippen LogP contribution in [0.4, 0.5) is 0 Å². The highest BCUT2D eigenvalue weighted by atomic mass is 32.2. The average molecular weight is 657 g/mol. The lowest BCUT2D eigenvalue weighted by molar-refractivity contribution is -0.0300. The van der Waals surface area contributed by atoms with E-state index in [9.17, 15) is 16.8 Å². The van der Waals surface area contributed by atoms with Crippen LogP contribution in [-0.2, 0) is 36.7 Å². The molecule has 3 heterocycles. The summed E-state index contributed by atoms with van der Waals surface area (Å²) in [5.41, 5.74) is 4.02. The quantitative estimate of drug-likeness (QED) is 0.207. The van der Waals surface area contributed by atoms with Crippen molar-refractivity contribution in [3.8, 4) is 5.75 Å². The lowest BCUT2D eigenvalue weighted by Crippen LogP contribution is -2.51. The molecule has 2 atom stereocenters. The van der Waals surface area contributed by atoms with Crippen molar-refractivity contribution in [2.45, 2.75) is 54.5 Å². The molecule has 0 radical (unpaired) electrons. The topological polar surface area (TPSA) is 94.9 Å². The Hall–Kier alpha value is -3.96. The van der Waals surface area contributed by atoms with Crippen molar-refractivity contribution in [2.24, 2.45) is 0 Å². The van der Waals surface area contributed by atoms with E-state index in [-0.39, 0.29) is 29.0 Å². The van der Waals surface area contributed by atoms with E-state index >= 15 is 0 Å². The summed E-state index contributed by atoms with van der Waals surface area (Å²) in [7, 11) is -6.47. The van der Waals surface area contributed by atoms with Gasteiger partial charge >= 0.3 is 0 Å². The normalized spacial score (nSPS) is 20.5. The molecule has 0 bridgehead atoms. The minimum Gasteiger partial charge on any atom is -0.497 e. The molecule has 0 amide bonds. The summed E-state index contributed by atoms with van der Waals surface area (Å²) in [4.78, 5) is 0.330. The van der Waals surface area contributed by atoms with E-state index in [4.69, 9.17) is 9.47 Å². The number of rotatable bonds is 6. The maximum atomic E-state index is 14.5. The van der Waals surface area contributed by atoms with Gasteiger partial charge in [-0.05, 0) is 80.3 Å². The third-order valence-corrected chi connectivity index (χ3v) is 13.0. The molecule has 0 N–H and O–H groups in total. The zero-order valence-corrected chi connectivity index (χ0v) is 27.6. The molecular formula is C36H36N2O6S2. The predicted molar refractivity (Wildman–Crippen MR) is 177 cm³/mol. The molecule has 46 heavy (non-hydrogen) atoms. The molecule has 2 unspecified atom stereocenters. The molecule has 0 saturated carbocycles. The molecule has 1 spiro atoms. The molecule has 1 aromatic heterocycles. The number of methoxy groups -OCH3 is 1. The van der Waals surface area contributed by atoms with Gasteiger partial charge in [0.15, 0.2) is 0 Å². The zero-order valence-electron chi connectivity index (χ0n) is 26.0. The number of hydrogen-bond donors (Lipinski definition) is 0. The van der Waals surface area contributed by atoms with Crippen LogP contribution in [0, 0.1) is 13.8 Å². The molecule has 7 rings (SSSR count). The molecule has 1 fully saturated rings. The Balaban J connectivity index is 1.46. The molecule has 5 aromatic rings. The molecule has 1 saturated heterocycles. The van der Waals surface area contributed by atoms with E-state index in [0.29, 0.717) is 30.7 Å². The van der Waals surface area contributed by atoms with Crippen molar-refractivity contribution in [1.29, 1.82) is 0 Å². The summed E-state index contributed by atoms with van der Waals surface area (Å²) < 4.78 is 72.3. The average Bonchev–Trinajstić information content (AvgIpc) is 3.41. The van der Waals surface area contributed by atoms with Crippen molar-refractivity contribution < 1.29 is 26.3 Å². The van der Waals surface area contributed by atoms with Crippen LogP contribution in [0.5, 0.6) is 5.75 Å². The van der Waals surface area contributed by atoms with E-state index in [0.717, 1.165) is 33.4 Å². The number of hydrogen-bond acceptors (Lipinski definition) is 6. The van der Waals surface area contributed by atoms with Crippen molar-refractivity contribution in [3.63, 3.8) is 0 Å². The lowest BCUT2D eigenvalue weighted by atomic mass is 9.69. The summed E-state index contributed by atoms with van der Waals surface area (Å²) in [5, 5.41) is 0.816. The summed E-state index contributed by atoms with van der Waals surface area (Å²) in [6.07, 6.45) is 0.682. The highest BCUT2D eigenvalue weighted by molar-refractivity contribution is 7.90. The Morgan fingerprint density at radius 2 is 1.39 bits per heavy atom. The zero-order chi connectivity index (χ0) is 32.3. The number of nitrogens with zero attached hydrogens (tertiary/aromatic N) is 2. The molecule has 238 valence electrons. The van der Waals surface area contributed by atoms with Gasteiger partial charge in [0.1, 0.15) is 5.75 Å². The van der Waals surface area contributed by atoms with E-state index in [1.165, 1.54) is 8.28 Å². The van der Waals surface area contributed by atoms with Gasteiger partial charge in [0, 0.05) is 24.0 Å². The molecule has 2 aliphatic heterocycles. The Morgan fingerprint density at radius 1 is 0.783 bits per heavy atom. The van der Waals surface area contributed by atoms with Gasteiger partial charge in [-0.2, -0.15) is 4.31 Å². The summed E-state index contributed by atoms with van der Waals surface area (Å²) in [6, 6.07) is 28.8. The lowest BCUT2D eigenvalue weighted by Gasteiger charge is -2.47. The summed E-state index contributed by atoms with van der Waals surface area (Å²) in [5.74, 6) is 0.731. The second-order valence-electron chi connectivity index (χ2n) is 12.4. The first kappa shape index (κ1) is 30.7. The molecule has 10 heteroatoms. The number of aryl methyl sites for hydroxylation is 2. The van der Waals surface area contributed by atoms with Gasteiger partial charge in [-0.25, -0.2) is 20.8 Å². The van der Waals surface area contributed by atoms with Crippen LogP contribution in [0.1, 0.15) is 46.9 Å². The van der Waals surface area contributed by atoms with E-state index in [1.807, 2.05) is 62.4 Å². The number of aromatic nitrogens is 1. The van der Waals surface area contributed by atoms with Crippen molar-refractivity contribution in [2.75, 3.05) is 20.3 Å². The minimum atomic E-state index is -4.10. The number of ether oxygens (including phenoxy) is 2. The highest BCUT2D eigenvalue weighted by Gasteiger charge is 2.50. The van der Waals surface area contributed by atoms with Crippen LogP contribution in [0.3, 0.4) is 0 Å². The Morgan fingerprint density at radius 3 is 2.02 bits per heavy atom. The monoisotopic (exact) mass is 656 g/mol. The van der Waals surface area contributed by atoms with Crippen LogP contribution in [0.15, 0.2) is 107 Å². The van der Waals surface area contributed by atoms with Crippen LogP contribution in [-0.4, -0.2) is 45.4 Å². The number of fused-ring (bicyclic) bond motifs is 4. The Labute approximate surface area is 270 Å². The SMILES string of the molecule is COc1ccc(C2CC3(CCO2)CN(S(=O)(=O)c2ccc(C)cc2)Cc2c3c3ccccc3n2S(=O)(=O)c2ccc(C)cc2)cc1. The van der Waals surface area contributed by atoms with Gasteiger partial charge in [0.25, 0.3) is 10.0 Å². The van der Waals surface area contributed by atoms with Crippen LogP contribution >= 0.6 is 0 Å². The molecule has 4 aromatic carbocycles. The maximum Gasteiger partial charge on any atom is 0.268 e. The number of para-hydroxylation sites is 1. The van der Waals surface area contributed by atoms with E-state index < -0.39 is 25.5 Å². The Kier molecular flexibility index (Phi) is 7.59. The van der Waals surface area contributed by atoms with Crippen molar-refractivity contribution in [3.05, 3.63) is 125 Å². The second-order valence-corrected chi connectivity index (χ2v) is 16.1. The summed E-state index contributed by atoms with van der Waals surface area (Å²) >= 11 is 0. The first-order chi connectivity index (χ1) is 22.0. The molecule has 0 aliphatic carbocycles. The third-order valence-electron chi connectivity index (χ3n) is 9.44. The van der Waals surface area contributed by atoms with Gasteiger partial charge < -0.3 is 9.47 Å². The fraction of sp³-hybridized carbons (Fsp3) is 0.278. The van der Waals surface area contributed by atoms with Crippen molar-refractivity contribution >= 4 is 30.9 Å². The predicted octanol–water partition coefficient (Wildman–Crippen LogP) is 6.50. The van der Waals surface area contributed by atoms with Gasteiger partial charge in [0.05, 0.1) is 40.8 Å². The second kappa shape index (κ2) is 11.4. The smallest absolute Gasteiger partial charge is 0.268 e. The molecular weight excluding hydrogens is 621 g/mol. The van der Waals surface area contributed by atoms with Gasteiger partial charge in [0.2, 0.25) is 10.0 Å². The van der Waals surface area contributed by atoms with Crippen LogP contribution < -0.4 is 4.74 Å². The van der Waals surface area contributed by atoms with E-state index in [1.54, 1.807) is 55.6 Å². The third kappa shape index (κ3) is 5.04. The van der Waals surface area contributed by atoms with E-state index in [2.05, 4.69) is 0 Å². The number of sulfonamides is 1. The maximum absolute atomic E-state index is 14.5. The minimum absolute atomic E-state index is 0.0822. The fourth-order valence-electron chi connectivity index (χ4n) is 7.07. The standard InChI is InChI=1S/C36H36N2O6S2/c1-25-8-16-29(17-9-25)45(39,40)37-23-33-35(36(24-37)20-21-44-34(22-36)27-12-14-28(43-3)15-13-27)31-6-4-5-7-32(31)38(33)46(41,42)30-18-10-26(2)11-19-30/h4-19,34H,20-24H2,1-3H3. The molecule has 2 aliphatic rings. The first-order valence-corrected chi connectivity index (χ1v) is 18.2. The highest BCUT2D eigenvalue weighted by Crippen LogP contribution is 2.51. The number of benzene rings is 4. The van der Waals surface area contributed by atoms with Crippen LogP contribution in [0.2, 0.25) is 0 Å². The van der Waals surface area contributed by atoms with Crippen molar-refractivity contribution in [1.82, 2.24) is 8.28 Å². The first-order valence-electron chi connectivity index (χ1n) is 15.3.